The molecule has 0 heterocycles. The van der Waals surface area contributed by atoms with Crippen molar-refractivity contribution in [3.05, 3.63) is 31.1 Å². The van der Waals surface area contributed by atoms with Crippen molar-refractivity contribution in [2.24, 2.45) is 0 Å². The van der Waals surface area contributed by atoms with Crippen LogP contribution in [0, 0.1) is 0 Å². The Hall–Kier alpha value is 0.300. The predicted octanol–water partition coefficient (Wildman–Crippen LogP) is 5.09. The molecule has 0 aliphatic carbocycles. The summed E-state index contributed by atoms with van der Waals surface area (Å²) in [5.41, 5.74) is 0.893. The van der Waals surface area contributed by atoms with Crippen molar-refractivity contribution in [3.8, 4) is 5.75 Å². The van der Waals surface area contributed by atoms with Gasteiger partial charge in [0, 0.05) is 0 Å². The molecule has 0 aliphatic rings. The molecule has 0 aromatic heterocycles. The van der Waals surface area contributed by atoms with Crippen molar-refractivity contribution in [3.63, 3.8) is 0 Å². The summed E-state index contributed by atoms with van der Waals surface area (Å²) in [6.07, 6.45) is 1.84. The van der Waals surface area contributed by atoms with E-state index in [0.717, 1.165) is 8.96 Å². The molecule has 76 valence electrons. The number of halogens is 4. The highest BCUT2D eigenvalue weighted by atomic mass is 79.9. The first kappa shape index (κ1) is 12.4. The number of methoxy groups -OCH3 is 1. The van der Waals surface area contributed by atoms with Crippen molar-refractivity contribution in [2.75, 3.05) is 7.11 Å². The van der Waals surface area contributed by atoms with Crippen molar-refractivity contribution in [1.29, 1.82) is 0 Å². The van der Waals surface area contributed by atoms with Crippen molar-refractivity contribution < 1.29 is 4.74 Å². The minimum Gasteiger partial charge on any atom is -0.494 e. The Kier molecular flexibility index (Phi) is 4.77. The summed E-state index contributed by atoms with van der Waals surface area (Å²) in [5.74, 6) is 0.496. The molecule has 0 N–H and O–H groups in total. The van der Waals surface area contributed by atoms with E-state index in [2.05, 4.69) is 31.9 Å². The molecule has 0 radical (unpaired) electrons. The average molecular weight is 361 g/mol. The van der Waals surface area contributed by atoms with Gasteiger partial charge < -0.3 is 4.74 Å². The predicted molar refractivity (Wildman–Crippen MR) is 68.8 cm³/mol. The highest BCUT2D eigenvalue weighted by molar-refractivity contribution is 9.28. The fourth-order valence-electron chi connectivity index (χ4n) is 0.984. The molecule has 0 amide bonds. The van der Waals surface area contributed by atoms with E-state index >= 15 is 0 Å². The minimum atomic E-state index is 0.493. The molecule has 0 unspecified atom stereocenters. The van der Waals surface area contributed by atoms with Gasteiger partial charge in [0.15, 0.2) is 5.75 Å². The fourth-order valence-corrected chi connectivity index (χ4v) is 2.17. The van der Waals surface area contributed by atoms with Gasteiger partial charge >= 0.3 is 0 Å². The van der Waals surface area contributed by atoms with Crippen molar-refractivity contribution in [1.82, 2.24) is 0 Å². The van der Waals surface area contributed by atoms with Gasteiger partial charge in [0.05, 0.1) is 20.5 Å². The largest absolute Gasteiger partial charge is 0.494 e. The standard InChI is InChI=1S/C9H6Br2Cl2O/c1-14-9-6(12)2-5(3-7(9)13)4-8(10)11/h2-4H,1H3. The highest BCUT2D eigenvalue weighted by Crippen LogP contribution is 2.34. The second-order valence-corrected chi connectivity index (χ2v) is 6.04. The SMILES string of the molecule is COc1c(Cl)cc(C=C(Br)Br)cc1Cl. The van der Waals surface area contributed by atoms with E-state index < -0.39 is 0 Å². The Morgan fingerprint density at radius 3 is 2.14 bits per heavy atom. The molecular formula is C9H6Br2Cl2O. The summed E-state index contributed by atoms with van der Waals surface area (Å²) < 4.78 is 5.85. The lowest BCUT2D eigenvalue weighted by atomic mass is 10.2. The molecule has 1 nitrogen and oxygen atoms in total. The van der Waals surface area contributed by atoms with Gasteiger partial charge in [0.2, 0.25) is 0 Å². The van der Waals surface area contributed by atoms with Crippen LogP contribution in [0.2, 0.25) is 10.0 Å². The smallest absolute Gasteiger partial charge is 0.156 e. The average Bonchev–Trinajstić information content (AvgIpc) is 2.01. The van der Waals surface area contributed by atoms with Gasteiger partial charge in [0.1, 0.15) is 0 Å². The number of hydrogen-bond acceptors (Lipinski definition) is 1. The number of benzene rings is 1. The summed E-state index contributed by atoms with van der Waals surface area (Å²) in [7, 11) is 1.53. The molecule has 0 aliphatic heterocycles. The number of ether oxygens (including phenoxy) is 1. The summed E-state index contributed by atoms with van der Waals surface area (Å²) in [6, 6.07) is 3.55. The number of rotatable bonds is 2. The first-order valence-electron chi connectivity index (χ1n) is 3.60. The van der Waals surface area contributed by atoms with Crippen LogP contribution in [0.15, 0.2) is 15.5 Å². The summed E-state index contributed by atoms with van der Waals surface area (Å²) in [6.45, 7) is 0. The Morgan fingerprint density at radius 1 is 1.29 bits per heavy atom. The maximum Gasteiger partial charge on any atom is 0.156 e. The van der Waals surface area contributed by atoms with Crippen molar-refractivity contribution in [2.45, 2.75) is 0 Å². The van der Waals surface area contributed by atoms with Gasteiger partial charge in [-0.05, 0) is 55.6 Å². The van der Waals surface area contributed by atoms with E-state index in [-0.39, 0.29) is 0 Å². The Balaban J connectivity index is 3.21. The summed E-state index contributed by atoms with van der Waals surface area (Å²) >= 11 is 18.4. The van der Waals surface area contributed by atoms with Crippen LogP contribution >= 0.6 is 55.1 Å². The lowest BCUT2D eigenvalue weighted by molar-refractivity contribution is 0.415. The Morgan fingerprint density at radius 2 is 1.79 bits per heavy atom. The van der Waals surface area contributed by atoms with E-state index in [0.29, 0.717) is 15.8 Å². The lowest BCUT2D eigenvalue weighted by Gasteiger charge is -2.06. The van der Waals surface area contributed by atoms with E-state index in [4.69, 9.17) is 27.9 Å². The third kappa shape index (κ3) is 3.16. The molecule has 0 fully saturated rings. The molecule has 0 atom stereocenters. The van der Waals surface area contributed by atoms with Gasteiger partial charge in [-0.15, -0.1) is 0 Å². The maximum absolute atomic E-state index is 5.95. The van der Waals surface area contributed by atoms with Gasteiger partial charge in [-0.25, -0.2) is 0 Å². The first-order chi connectivity index (χ1) is 6.54. The topological polar surface area (TPSA) is 9.23 Å². The van der Waals surface area contributed by atoms with Crippen LogP contribution < -0.4 is 4.74 Å². The van der Waals surface area contributed by atoms with Gasteiger partial charge in [-0.3, -0.25) is 0 Å². The first-order valence-corrected chi connectivity index (χ1v) is 5.94. The number of hydrogen-bond donors (Lipinski definition) is 0. The molecule has 0 spiro atoms. The fraction of sp³-hybridized carbons (Fsp3) is 0.111. The van der Waals surface area contributed by atoms with Crippen LogP contribution in [0.3, 0.4) is 0 Å². The second-order valence-electron chi connectivity index (χ2n) is 2.45. The van der Waals surface area contributed by atoms with E-state index in [1.165, 1.54) is 7.11 Å². The molecular weight excluding hydrogens is 355 g/mol. The maximum atomic E-state index is 5.95. The van der Waals surface area contributed by atoms with E-state index in [9.17, 15) is 0 Å². The zero-order valence-corrected chi connectivity index (χ0v) is 11.8. The normalized spacial score (nSPS) is 9.79. The quantitative estimate of drug-likeness (QED) is 0.713. The summed E-state index contributed by atoms with van der Waals surface area (Å²) in [5, 5.41) is 0.986. The Labute approximate surface area is 109 Å². The third-order valence-electron chi connectivity index (χ3n) is 1.50. The van der Waals surface area contributed by atoms with Gasteiger partial charge in [-0.2, -0.15) is 0 Å². The monoisotopic (exact) mass is 358 g/mol. The highest BCUT2D eigenvalue weighted by Gasteiger charge is 2.07. The minimum absolute atomic E-state index is 0.493. The van der Waals surface area contributed by atoms with Crippen LogP contribution in [-0.4, -0.2) is 7.11 Å². The second kappa shape index (κ2) is 5.40. The molecule has 1 aromatic rings. The van der Waals surface area contributed by atoms with Gasteiger partial charge in [0.25, 0.3) is 0 Å². The van der Waals surface area contributed by atoms with Crippen LogP contribution in [0.25, 0.3) is 6.08 Å². The van der Waals surface area contributed by atoms with Crippen LogP contribution in [-0.2, 0) is 0 Å². The summed E-state index contributed by atoms with van der Waals surface area (Å²) in [4.78, 5) is 0. The van der Waals surface area contributed by atoms with Crippen LogP contribution in [0.4, 0.5) is 0 Å². The van der Waals surface area contributed by atoms with E-state index in [1.54, 1.807) is 12.1 Å². The van der Waals surface area contributed by atoms with Crippen LogP contribution in [0.1, 0.15) is 5.56 Å². The zero-order chi connectivity index (χ0) is 10.7. The molecule has 0 saturated carbocycles. The molecule has 5 heteroatoms. The molecule has 0 saturated heterocycles. The molecule has 1 aromatic carbocycles. The van der Waals surface area contributed by atoms with E-state index in [1.807, 2.05) is 6.08 Å². The Bertz CT molecular complexity index is 350. The lowest BCUT2D eigenvalue weighted by Crippen LogP contribution is -1.86. The third-order valence-corrected chi connectivity index (χ3v) is 2.52. The molecule has 14 heavy (non-hydrogen) atoms. The van der Waals surface area contributed by atoms with Gasteiger partial charge in [-0.1, -0.05) is 23.2 Å². The zero-order valence-electron chi connectivity index (χ0n) is 7.15. The van der Waals surface area contributed by atoms with Crippen molar-refractivity contribution >= 4 is 61.1 Å². The van der Waals surface area contributed by atoms with Crippen LogP contribution in [0.5, 0.6) is 5.75 Å². The molecule has 1 rings (SSSR count). The molecule has 0 bridgehead atoms.